The third-order valence-electron chi connectivity index (χ3n) is 8.68. The number of ketones is 2. The van der Waals surface area contributed by atoms with Crippen LogP contribution in [0, 0.1) is 5.92 Å². The lowest BCUT2D eigenvalue weighted by molar-refractivity contribution is -0.151. The Hall–Kier alpha value is -1.45. The first-order valence-electron chi connectivity index (χ1n) is 18.5. The molecule has 1 unspecified atom stereocenters. The van der Waals surface area contributed by atoms with Crippen LogP contribution in [-0.4, -0.2) is 17.5 Å². The number of carbonyl (C=O) groups is 3. The van der Waals surface area contributed by atoms with Crippen molar-refractivity contribution in [1.29, 1.82) is 0 Å². The molecule has 0 bridgehead atoms. The number of rotatable bonds is 34. The van der Waals surface area contributed by atoms with Gasteiger partial charge in [0.15, 0.2) is 5.78 Å². The van der Waals surface area contributed by atoms with Crippen LogP contribution in [0.1, 0.15) is 206 Å². The molecule has 0 aliphatic carbocycles. The van der Waals surface area contributed by atoms with Crippen molar-refractivity contribution in [1.82, 2.24) is 0 Å². The first-order chi connectivity index (χ1) is 20.6. The smallest absolute Gasteiger partial charge is 0.321 e. The Balaban J connectivity index is 3.91. The van der Waals surface area contributed by atoms with E-state index in [1.54, 1.807) is 0 Å². The zero-order chi connectivity index (χ0) is 30.9. The first kappa shape index (κ1) is 40.5. The summed E-state index contributed by atoms with van der Waals surface area (Å²) >= 11 is 0. The Morgan fingerprint density at radius 2 is 0.810 bits per heavy atom. The summed E-state index contributed by atoms with van der Waals surface area (Å²) in [5, 5.41) is 0. The van der Waals surface area contributed by atoms with E-state index in [9.17, 15) is 14.4 Å². The number of unbranched alkanes of at least 4 members (excludes halogenated alkanes) is 26. The summed E-state index contributed by atoms with van der Waals surface area (Å²) in [5.74, 6) is -2.57. The Kier molecular flexibility index (Phi) is 31.3. The highest BCUT2D eigenvalue weighted by Crippen LogP contribution is 2.19. The summed E-state index contributed by atoms with van der Waals surface area (Å²) in [6.45, 7) is 7.96. The van der Waals surface area contributed by atoms with Crippen LogP contribution in [0.4, 0.5) is 0 Å². The van der Waals surface area contributed by atoms with Crippen molar-refractivity contribution in [3.63, 3.8) is 0 Å². The molecule has 0 aromatic carbocycles. The molecule has 0 aromatic rings. The van der Waals surface area contributed by atoms with Gasteiger partial charge in [0.2, 0.25) is 5.78 Å². The van der Waals surface area contributed by atoms with Crippen molar-refractivity contribution in [2.45, 2.75) is 206 Å². The van der Waals surface area contributed by atoms with E-state index in [4.69, 9.17) is 4.74 Å². The van der Waals surface area contributed by atoms with Crippen molar-refractivity contribution < 1.29 is 19.1 Å². The molecule has 4 nitrogen and oxygen atoms in total. The largest absolute Gasteiger partial charge is 0.435 e. The quantitative estimate of drug-likeness (QED) is 0.0246. The van der Waals surface area contributed by atoms with E-state index in [0.717, 1.165) is 44.8 Å². The standard InChI is InChI=1S/C38H70O4/c1-4-7-9-11-13-15-17-19-21-23-25-27-29-31-33-35(38(41)42-6-3)37(40)36(39)34-32-30-28-26-24-22-20-18-16-14-12-10-8-5-2/h6,35H,3-5,7-34H2,1-2H3. The molecule has 0 fully saturated rings. The topological polar surface area (TPSA) is 60.4 Å². The molecule has 1 atom stereocenters. The first-order valence-corrected chi connectivity index (χ1v) is 18.5. The molecule has 0 aliphatic heterocycles. The van der Waals surface area contributed by atoms with Crippen LogP contribution in [0.15, 0.2) is 12.8 Å². The van der Waals surface area contributed by atoms with Gasteiger partial charge in [0, 0.05) is 6.42 Å². The Bertz CT molecular complexity index is 641. The molecule has 0 saturated carbocycles. The monoisotopic (exact) mass is 591 g/mol. The summed E-state index contributed by atoms with van der Waals surface area (Å²) in [6, 6.07) is 0. The Morgan fingerprint density at radius 3 is 1.14 bits per heavy atom. The second-order valence-corrected chi connectivity index (χ2v) is 12.7. The van der Waals surface area contributed by atoms with Gasteiger partial charge in [-0.1, -0.05) is 194 Å². The molecule has 0 heterocycles. The van der Waals surface area contributed by atoms with Crippen LogP contribution in [-0.2, 0) is 19.1 Å². The van der Waals surface area contributed by atoms with Gasteiger partial charge in [0.25, 0.3) is 0 Å². The summed E-state index contributed by atoms with van der Waals surface area (Å²) in [4.78, 5) is 37.8. The second kappa shape index (κ2) is 32.5. The van der Waals surface area contributed by atoms with Crippen molar-refractivity contribution in [3.05, 3.63) is 12.8 Å². The average molecular weight is 591 g/mol. The van der Waals surface area contributed by atoms with Crippen LogP contribution in [0.3, 0.4) is 0 Å². The third-order valence-corrected chi connectivity index (χ3v) is 8.68. The summed E-state index contributed by atoms with van der Waals surface area (Å²) < 4.78 is 4.92. The maximum atomic E-state index is 12.8. The molecule has 0 radical (unpaired) electrons. The highest BCUT2D eigenvalue weighted by molar-refractivity contribution is 6.41. The fraction of sp³-hybridized carbons (Fsp3) is 0.868. The molecule has 0 saturated heterocycles. The van der Waals surface area contributed by atoms with E-state index in [1.165, 1.54) is 141 Å². The maximum absolute atomic E-state index is 12.8. The molecule has 0 aliphatic rings. The van der Waals surface area contributed by atoms with Gasteiger partial charge in [-0.25, -0.2) is 0 Å². The van der Waals surface area contributed by atoms with Crippen LogP contribution in [0.5, 0.6) is 0 Å². The molecule has 0 spiro atoms. The van der Waals surface area contributed by atoms with Gasteiger partial charge in [-0.15, -0.1) is 0 Å². The number of hydrogen-bond donors (Lipinski definition) is 0. The molecule has 4 heteroatoms. The zero-order valence-corrected chi connectivity index (χ0v) is 28.2. The minimum absolute atomic E-state index is 0.244. The average Bonchev–Trinajstić information content (AvgIpc) is 2.99. The predicted molar refractivity (Wildman–Crippen MR) is 180 cm³/mol. The lowest BCUT2D eigenvalue weighted by Gasteiger charge is -2.13. The van der Waals surface area contributed by atoms with E-state index < -0.39 is 23.5 Å². The summed E-state index contributed by atoms with van der Waals surface area (Å²) in [6.07, 6.45) is 36.7. The minimum atomic E-state index is -0.973. The fourth-order valence-electron chi connectivity index (χ4n) is 5.86. The van der Waals surface area contributed by atoms with Crippen molar-refractivity contribution in [3.8, 4) is 0 Å². The summed E-state index contributed by atoms with van der Waals surface area (Å²) in [7, 11) is 0. The Morgan fingerprint density at radius 1 is 0.500 bits per heavy atom. The van der Waals surface area contributed by atoms with E-state index >= 15 is 0 Å². The lowest BCUT2D eigenvalue weighted by Crippen LogP contribution is -2.31. The number of carbonyl (C=O) groups excluding carboxylic acids is 3. The van der Waals surface area contributed by atoms with E-state index in [1.807, 2.05) is 0 Å². The lowest BCUT2D eigenvalue weighted by atomic mass is 9.92. The van der Waals surface area contributed by atoms with E-state index in [2.05, 4.69) is 20.4 Å². The minimum Gasteiger partial charge on any atom is -0.435 e. The highest BCUT2D eigenvalue weighted by Gasteiger charge is 2.31. The number of hydrogen-bond acceptors (Lipinski definition) is 4. The number of esters is 1. The molecular formula is C38H70O4. The fourth-order valence-corrected chi connectivity index (χ4v) is 5.86. The van der Waals surface area contributed by atoms with E-state index in [-0.39, 0.29) is 6.42 Å². The third kappa shape index (κ3) is 26.2. The number of Topliss-reactive ketones (excluding diaryl/α,β-unsaturated/α-hetero) is 2. The van der Waals surface area contributed by atoms with Gasteiger partial charge in [-0.05, 0) is 12.8 Å². The number of ether oxygens (including phenoxy) is 1. The normalized spacial score (nSPS) is 11.9. The van der Waals surface area contributed by atoms with Gasteiger partial charge in [0.05, 0.1) is 6.26 Å². The van der Waals surface area contributed by atoms with Crippen molar-refractivity contribution >= 4 is 17.5 Å². The van der Waals surface area contributed by atoms with Crippen LogP contribution in [0.2, 0.25) is 0 Å². The second-order valence-electron chi connectivity index (χ2n) is 12.7. The van der Waals surface area contributed by atoms with Gasteiger partial charge >= 0.3 is 5.97 Å². The highest BCUT2D eigenvalue weighted by atomic mass is 16.5. The molecule has 0 N–H and O–H groups in total. The SMILES string of the molecule is C=COC(=O)C(CCCCCCCCCCCCCCCC)C(=O)C(=O)CCCCCCCCCCCCCCCC. The molecular weight excluding hydrogens is 520 g/mol. The van der Waals surface area contributed by atoms with Crippen LogP contribution < -0.4 is 0 Å². The van der Waals surface area contributed by atoms with Crippen LogP contribution in [0.25, 0.3) is 0 Å². The summed E-state index contributed by atoms with van der Waals surface area (Å²) in [5.41, 5.74) is 0. The predicted octanol–water partition coefficient (Wildman–Crippen LogP) is 12.2. The maximum Gasteiger partial charge on any atom is 0.321 e. The van der Waals surface area contributed by atoms with Crippen LogP contribution >= 0.6 is 0 Å². The van der Waals surface area contributed by atoms with E-state index in [0.29, 0.717) is 6.42 Å². The zero-order valence-electron chi connectivity index (χ0n) is 28.2. The molecule has 0 amide bonds. The van der Waals surface area contributed by atoms with Gasteiger partial charge in [-0.3, -0.25) is 14.4 Å². The molecule has 246 valence electrons. The molecule has 0 aromatic heterocycles. The Labute approximate surface area is 261 Å². The van der Waals surface area contributed by atoms with Gasteiger partial charge < -0.3 is 4.74 Å². The van der Waals surface area contributed by atoms with Crippen molar-refractivity contribution in [2.24, 2.45) is 5.92 Å². The molecule has 42 heavy (non-hydrogen) atoms. The van der Waals surface area contributed by atoms with Gasteiger partial charge in [-0.2, -0.15) is 0 Å². The van der Waals surface area contributed by atoms with Gasteiger partial charge in [0.1, 0.15) is 5.92 Å². The molecule has 0 rings (SSSR count). The van der Waals surface area contributed by atoms with Crippen molar-refractivity contribution in [2.75, 3.05) is 0 Å².